The van der Waals surface area contributed by atoms with Crippen molar-refractivity contribution in [1.82, 2.24) is 15.3 Å². The number of nitrogens with zero attached hydrogens (tertiary/aromatic N) is 1. The van der Waals surface area contributed by atoms with E-state index in [1.54, 1.807) is 7.11 Å². The van der Waals surface area contributed by atoms with Crippen LogP contribution in [0.3, 0.4) is 0 Å². The van der Waals surface area contributed by atoms with Gasteiger partial charge < -0.3 is 15.0 Å². The molecule has 1 atom stereocenters. The molecule has 2 aromatic heterocycles. The van der Waals surface area contributed by atoms with Crippen molar-refractivity contribution in [2.45, 2.75) is 17.1 Å². The number of thioether (sulfide) groups is 1. The molecule has 0 unspecified atom stereocenters. The number of alkyl halides is 3. The van der Waals surface area contributed by atoms with Gasteiger partial charge in [-0.2, -0.15) is 13.2 Å². The van der Waals surface area contributed by atoms with Gasteiger partial charge in [0.25, 0.3) is 0 Å². The van der Waals surface area contributed by atoms with Gasteiger partial charge in [0.15, 0.2) is 0 Å². The average Bonchev–Trinajstić information content (AvgIpc) is 3.27. The van der Waals surface area contributed by atoms with Gasteiger partial charge in [-0.3, -0.25) is 4.79 Å². The second-order valence-electron chi connectivity index (χ2n) is 7.59. The molecule has 0 aliphatic carbocycles. The van der Waals surface area contributed by atoms with Gasteiger partial charge in [-0.1, -0.05) is 42.1 Å². The van der Waals surface area contributed by atoms with E-state index in [2.05, 4.69) is 15.3 Å². The first-order valence-electron chi connectivity index (χ1n) is 10.5. The summed E-state index contributed by atoms with van der Waals surface area (Å²) in [5.41, 5.74) is 2.26. The lowest BCUT2D eigenvalue weighted by atomic mass is 9.91. The van der Waals surface area contributed by atoms with E-state index in [1.165, 1.54) is 6.07 Å². The minimum atomic E-state index is -4.44. The number of fused-ring (bicyclic) bond motifs is 1. The third kappa shape index (κ3) is 5.53. The number of halogens is 3. The number of carbonyl (C=O) groups is 1. The summed E-state index contributed by atoms with van der Waals surface area (Å²) in [6.07, 6.45) is -1.71. The van der Waals surface area contributed by atoms with Crippen LogP contribution in [0.5, 0.6) is 5.75 Å². The first-order valence-corrected chi connectivity index (χ1v) is 11.5. The molecule has 0 bridgehead atoms. The van der Waals surface area contributed by atoms with Gasteiger partial charge in [0.05, 0.1) is 23.5 Å². The Balaban J connectivity index is 1.45. The smallest absolute Gasteiger partial charge is 0.417 e. The van der Waals surface area contributed by atoms with Crippen LogP contribution >= 0.6 is 11.8 Å². The Kier molecular flexibility index (Phi) is 7.12. The van der Waals surface area contributed by atoms with E-state index in [0.717, 1.165) is 51.8 Å². The summed E-state index contributed by atoms with van der Waals surface area (Å²) in [6.45, 7) is 0.355. The number of para-hydroxylation sites is 1. The third-order valence-corrected chi connectivity index (χ3v) is 6.38. The van der Waals surface area contributed by atoms with Gasteiger partial charge in [-0.15, -0.1) is 0 Å². The zero-order chi connectivity index (χ0) is 24.1. The average molecular weight is 486 g/mol. The predicted octanol–water partition coefficient (Wildman–Crippen LogP) is 5.63. The van der Waals surface area contributed by atoms with Gasteiger partial charge in [0.2, 0.25) is 5.91 Å². The van der Waals surface area contributed by atoms with Crippen LogP contribution in [0.25, 0.3) is 10.9 Å². The molecule has 2 heterocycles. The molecule has 1 amide bonds. The number of ether oxygens (including phenoxy) is 1. The molecular formula is C25H22F3N3O2S. The second kappa shape index (κ2) is 10.2. The van der Waals surface area contributed by atoms with Gasteiger partial charge in [-0.25, -0.2) is 4.98 Å². The number of carbonyl (C=O) groups excluding carboxylic acids is 1. The zero-order valence-corrected chi connectivity index (χ0v) is 19.0. The van der Waals surface area contributed by atoms with Crippen LogP contribution in [0.4, 0.5) is 13.2 Å². The highest BCUT2D eigenvalue weighted by atomic mass is 32.2. The summed E-state index contributed by atoms with van der Waals surface area (Å²) in [6, 6.07) is 17.9. The lowest BCUT2D eigenvalue weighted by molar-refractivity contribution is -0.137. The van der Waals surface area contributed by atoms with E-state index in [0.29, 0.717) is 11.6 Å². The Hall–Kier alpha value is -3.46. The molecule has 4 aromatic rings. The second-order valence-corrected chi connectivity index (χ2v) is 8.59. The molecule has 0 fully saturated rings. The molecular weight excluding hydrogens is 463 g/mol. The molecule has 4 rings (SSSR count). The van der Waals surface area contributed by atoms with Crippen molar-refractivity contribution in [2.24, 2.45) is 0 Å². The van der Waals surface area contributed by atoms with Crippen LogP contribution in [-0.2, 0) is 11.0 Å². The van der Waals surface area contributed by atoms with Crippen molar-refractivity contribution in [2.75, 3.05) is 19.4 Å². The summed E-state index contributed by atoms with van der Waals surface area (Å²) >= 11 is 1.09. The number of aromatic nitrogens is 2. The molecule has 0 saturated heterocycles. The molecule has 2 N–H and O–H groups in total. The molecule has 176 valence electrons. The van der Waals surface area contributed by atoms with E-state index in [1.807, 2.05) is 54.7 Å². The van der Waals surface area contributed by atoms with Crippen molar-refractivity contribution in [1.29, 1.82) is 0 Å². The normalized spacial score (nSPS) is 12.5. The fraction of sp³-hybridized carbons (Fsp3) is 0.200. The largest absolute Gasteiger partial charge is 0.497 e. The van der Waals surface area contributed by atoms with Crippen LogP contribution in [-0.4, -0.2) is 35.3 Å². The molecule has 9 heteroatoms. The maximum absolute atomic E-state index is 12.7. The number of H-pyrrole nitrogens is 1. The molecule has 0 spiro atoms. The number of amides is 1. The number of rotatable bonds is 8. The van der Waals surface area contributed by atoms with Gasteiger partial charge in [0, 0.05) is 35.8 Å². The van der Waals surface area contributed by atoms with E-state index >= 15 is 0 Å². The van der Waals surface area contributed by atoms with Gasteiger partial charge in [-0.05, 0) is 41.5 Å². The predicted molar refractivity (Wildman–Crippen MR) is 126 cm³/mol. The molecule has 0 aliphatic rings. The van der Waals surface area contributed by atoms with Crippen molar-refractivity contribution in [3.05, 3.63) is 89.7 Å². The standard InChI is InChI=1S/C25H22F3N3O2S/c1-33-18-9-6-16(7-10-18)20(21-14-29-22-5-3-2-4-19(21)22)13-30-23(32)15-34-24-11-8-17(12-31-24)25(26,27)28/h2-12,14,20,29H,13,15H2,1H3,(H,30,32)/t20-/m0/s1. The van der Waals surface area contributed by atoms with Gasteiger partial charge >= 0.3 is 6.18 Å². The summed E-state index contributed by atoms with van der Waals surface area (Å²) in [7, 11) is 1.61. The lowest BCUT2D eigenvalue weighted by Gasteiger charge is -2.18. The molecule has 2 aromatic carbocycles. The summed E-state index contributed by atoms with van der Waals surface area (Å²) in [5.74, 6) is 0.442. The number of benzene rings is 2. The van der Waals surface area contributed by atoms with E-state index in [4.69, 9.17) is 4.74 Å². The van der Waals surface area contributed by atoms with Crippen LogP contribution < -0.4 is 10.1 Å². The quantitative estimate of drug-likeness (QED) is 0.318. The molecule has 5 nitrogen and oxygen atoms in total. The Morgan fingerprint density at radius 1 is 1.12 bits per heavy atom. The fourth-order valence-electron chi connectivity index (χ4n) is 3.67. The Morgan fingerprint density at radius 2 is 1.88 bits per heavy atom. The van der Waals surface area contributed by atoms with E-state index < -0.39 is 11.7 Å². The zero-order valence-electron chi connectivity index (χ0n) is 18.2. The van der Waals surface area contributed by atoms with Crippen LogP contribution in [0.2, 0.25) is 0 Å². The number of hydrogen-bond donors (Lipinski definition) is 2. The maximum Gasteiger partial charge on any atom is 0.417 e. The van der Waals surface area contributed by atoms with Crippen LogP contribution in [0, 0.1) is 0 Å². The Labute approximate surface area is 198 Å². The fourth-order valence-corrected chi connectivity index (χ4v) is 4.34. The van der Waals surface area contributed by atoms with Crippen LogP contribution in [0.1, 0.15) is 22.6 Å². The highest BCUT2D eigenvalue weighted by Crippen LogP contribution is 2.32. The Morgan fingerprint density at radius 3 is 2.56 bits per heavy atom. The van der Waals surface area contributed by atoms with Crippen molar-refractivity contribution in [3.63, 3.8) is 0 Å². The van der Waals surface area contributed by atoms with E-state index in [9.17, 15) is 18.0 Å². The maximum atomic E-state index is 12.7. The van der Waals surface area contributed by atoms with Crippen LogP contribution in [0.15, 0.2) is 78.1 Å². The third-order valence-electron chi connectivity index (χ3n) is 5.43. The number of nitrogens with one attached hydrogen (secondary N) is 2. The summed E-state index contributed by atoms with van der Waals surface area (Å²) < 4.78 is 43.3. The topological polar surface area (TPSA) is 67.0 Å². The Bertz CT molecular complexity index is 1260. The van der Waals surface area contributed by atoms with Crippen molar-refractivity contribution < 1.29 is 22.7 Å². The summed E-state index contributed by atoms with van der Waals surface area (Å²) in [5, 5.41) is 4.38. The first kappa shape index (κ1) is 23.7. The number of methoxy groups -OCH3 is 1. The number of hydrogen-bond acceptors (Lipinski definition) is 4. The minimum absolute atomic E-state index is 0.0432. The van der Waals surface area contributed by atoms with Gasteiger partial charge in [0.1, 0.15) is 5.75 Å². The number of aromatic amines is 1. The highest BCUT2D eigenvalue weighted by Gasteiger charge is 2.30. The molecule has 0 saturated carbocycles. The van der Waals surface area contributed by atoms with Crippen molar-refractivity contribution in [3.8, 4) is 5.75 Å². The highest BCUT2D eigenvalue weighted by molar-refractivity contribution is 7.99. The molecule has 0 radical (unpaired) electrons. The minimum Gasteiger partial charge on any atom is -0.497 e. The lowest BCUT2D eigenvalue weighted by Crippen LogP contribution is -2.30. The van der Waals surface area contributed by atoms with E-state index in [-0.39, 0.29) is 17.6 Å². The molecule has 34 heavy (non-hydrogen) atoms. The SMILES string of the molecule is COc1ccc([C@H](CNC(=O)CSc2ccc(C(F)(F)F)cn2)c2c[nH]c3ccccc23)cc1. The molecule has 0 aliphatic heterocycles. The van der Waals surface area contributed by atoms with Crippen molar-refractivity contribution >= 4 is 28.6 Å². The number of pyridine rings is 1. The summed E-state index contributed by atoms with van der Waals surface area (Å²) in [4.78, 5) is 19.6. The first-order chi connectivity index (χ1) is 16.3. The monoisotopic (exact) mass is 485 g/mol.